The van der Waals surface area contributed by atoms with Gasteiger partial charge in [0.1, 0.15) is 5.82 Å². The maximum absolute atomic E-state index is 13.6. The highest BCUT2D eigenvalue weighted by molar-refractivity contribution is 6.17. The highest BCUT2D eigenvalue weighted by atomic mass is 35.5. The fraction of sp³-hybridized carbons (Fsp3) is 0.462. The standard InChI is InChI=1S/C13H15ClFNO/c1-9-7-10-3-4-13(17)16(6-2-5-14)12(10)8-11(9)15/h7-8H,2-6H2,1H3. The molecule has 1 aromatic rings. The summed E-state index contributed by atoms with van der Waals surface area (Å²) in [5.41, 5.74) is 2.41. The van der Waals surface area contributed by atoms with Crippen LogP contribution in [-0.2, 0) is 11.2 Å². The van der Waals surface area contributed by atoms with Crippen LogP contribution in [0, 0.1) is 12.7 Å². The minimum Gasteiger partial charge on any atom is -0.312 e. The second-order valence-corrected chi connectivity index (χ2v) is 4.70. The molecular weight excluding hydrogens is 241 g/mol. The lowest BCUT2D eigenvalue weighted by Gasteiger charge is -2.29. The SMILES string of the molecule is Cc1cc2c(cc1F)N(CCCCl)C(=O)CC2. The molecule has 92 valence electrons. The van der Waals surface area contributed by atoms with E-state index in [1.807, 2.05) is 6.07 Å². The van der Waals surface area contributed by atoms with Gasteiger partial charge in [0.15, 0.2) is 0 Å². The molecule has 0 aromatic heterocycles. The number of hydrogen-bond acceptors (Lipinski definition) is 1. The summed E-state index contributed by atoms with van der Waals surface area (Å²) < 4.78 is 13.6. The van der Waals surface area contributed by atoms with Crippen molar-refractivity contribution in [1.82, 2.24) is 0 Å². The second-order valence-electron chi connectivity index (χ2n) is 4.32. The summed E-state index contributed by atoms with van der Waals surface area (Å²) in [7, 11) is 0. The number of alkyl halides is 1. The molecule has 1 heterocycles. The van der Waals surface area contributed by atoms with Crippen molar-refractivity contribution in [3.63, 3.8) is 0 Å². The van der Waals surface area contributed by atoms with Crippen molar-refractivity contribution < 1.29 is 9.18 Å². The average molecular weight is 256 g/mol. The molecule has 1 amide bonds. The van der Waals surface area contributed by atoms with E-state index >= 15 is 0 Å². The summed E-state index contributed by atoms with van der Waals surface area (Å²) in [6.45, 7) is 2.31. The zero-order chi connectivity index (χ0) is 12.4. The van der Waals surface area contributed by atoms with Crippen LogP contribution >= 0.6 is 11.6 Å². The molecule has 2 nitrogen and oxygen atoms in total. The first kappa shape index (κ1) is 12.4. The molecule has 2 rings (SSSR count). The highest BCUT2D eigenvalue weighted by Gasteiger charge is 2.24. The normalized spacial score (nSPS) is 15.0. The number of halogens is 2. The molecule has 0 N–H and O–H groups in total. The average Bonchev–Trinajstić information content (AvgIpc) is 2.30. The van der Waals surface area contributed by atoms with E-state index in [2.05, 4.69) is 0 Å². The Labute approximate surface area is 105 Å². The van der Waals surface area contributed by atoms with Crippen LogP contribution in [0.1, 0.15) is 24.0 Å². The highest BCUT2D eigenvalue weighted by Crippen LogP contribution is 2.30. The summed E-state index contributed by atoms with van der Waals surface area (Å²) in [4.78, 5) is 13.5. The summed E-state index contributed by atoms with van der Waals surface area (Å²) >= 11 is 5.64. The quantitative estimate of drug-likeness (QED) is 0.761. The van der Waals surface area contributed by atoms with E-state index in [1.165, 1.54) is 6.07 Å². The number of aryl methyl sites for hydroxylation is 2. The van der Waals surface area contributed by atoms with Gasteiger partial charge < -0.3 is 4.90 Å². The summed E-state index contributed by atoms with van der Waals surface area (Å²) in [5, 5.41) is 0. The summed E-state index contributed by atoms with van der Waals surface area (Å²) in [6, 6.07) is 3.31. The zero-order valence-corrected chi connectivity index (χ0v) is 10.6. The van der Waals surface area contributed by atoms with Crippen molar-refractivity contribution in [2.24, 2.45) is 0 Å². The second kappa shape index (κ2) is 5.05. The Bertz CT molecular complexity index is 447. The fourth-order valence-corrected chi connectivity index (χ4v) is 2.28. The Morgan fingerprint density at radius 1 is 1.41 bits per heavy atom. The van der Waals surface area contributed by atoms with Gasteiger partial charge in [-0.25, -0.2) is 4.39 Å². The van der Waals surface area contributed by atoms with Crippen LogP contribution in [0.2, 0.25) is 0 Å². The predicted molar refractivity (Wildman–Crippen MR) is 67.1 cm³/mol. The van der Waals surface area contributed by atoms with Gasteiger partial charge >= 0.3 is 0 Å². The van der Waals surface area contributed by atoms with Gasteiger partial charge in [-0.15, -0.1) is 11.6 Å². The van der Waals surface area contributed by atoms with Gasteiger partial charge in [0.25, 0.3) is 0 Å². The first-order valence-electron chi connectivity index (χ1n) is 5.79. The van der Waals surface area contributed by atoms with Crippen molar-refractivity contribution in [1.29, 1.82) is 0 Å². The van der Waals surface area contributed by atoms with Gasteiger partial charge in [0.2, 0.25) is 5.91 Å². The van der Waals surface area contributed by atoms with Gasteiger partial charge in [-0.05, 0) is 37.0 Å². The Balaban J connectivity index is 2.36. The van der Waals surface area contributed by atoms with Gasteiger partial charge in [-0.2, -0.15) is 0 Å². The smallest absolute Gasteiger partial charge is 0.227 e. The number of fused-ring (bicyclic) bond motifs is 1. The summed E-state index contributed by atoms with van der Waals surface area (Å²) in [5.74, 6) is 0.313. The number of amides is 1. The van der Waals surface area contributed by atoms with Crippen molar-refractivity contribution in [2.45, 2.75) is 26.2 Å². The molecule has 1 aromatic carbocycles. The number of anilines is 1. The third-order valence-electron chi connectivity index (χ3n) is 3.08. The molecule has 0 saturated heterocycles. The number of rotatable bonds is 3. The molecule has 0 atom stereocenters. The monoisotopic (exact) mass is 255 g/mol. The number of carbonyl (C=O) groups excluding carboxylic acids is 1. The van der Waals surface area contributed by atoms with Crippen molar-refractivity contribution >= 4 is 23.2 Å². The van der Waals surface area contributed by atoms with E-state index in [-0.39, 0.29) is 11.7 Å². The molecule has 17 heavy (non-hydrogen) atoms. The molecule has 0 fully saturated rings. The molecule has 0 bridgehead atoms. The molecule has 4 heteroatoms. The third kappa shape index (κ3) is 2.44. The first-order valence-corrected chi connectivity index (χ1v) is 6.32. The summed E-state index contributed by atoms with van der Waals surface area (Å²) in [6.07, 6.45) is 1.93. The van der Waals surface area contributed by atoms with Crippen LogP contribution < -0.4 is 4.90 Å². The molecule has 1 aliphatic heterocycles. The Morgan fingerprint density at radius 2 is 2.18 bits per heavy atom. The van der Waals surface area contributed by atoms with Crippen LogP contribution in [0.15, 0.2) is 12.1 Å². The zero-order valence-electron chi connectivity index (χ0n) is 9.80. The minimum atomic E-state index is -0.255. The molecule has 0 saturated carbocycles. The molecule has 0 spiro atoms. The van der Waals surface area contributed by atoms with Gasteiger partial charge in [0.05, 0.1) is 0 Å². The first-order chi connectivity index (χ1) is 8.13. The van der Waals surface area contributed by atoms with Gasteiger partial charge in [-0.1, -0.05) is 6.07 Å². The van der Waals surface area contributed by atoms with E-state index in [4.69, 9.17) is 11.6 Å². The fourth-order valence-electron chi connectivity index (χ4n) is 2.16. The maximum Gasteiger partial charge on any atom is 0.227 e. The lowest BCUT2D eigenvalue weighted by atomic mass is 9.98. The van der Waals surface area contributed by atoms with Crippen LogP contribution in [-0.4, -0.2) is 18.3 Å². The van der Waals surface area contributed by atoms with Crippen LogP contribution in [0.5, 0.6) is 0 Å². The topological polar surface area (TPSA) is 20.3 Å². The van der Waals surface area contributed by atoms with E-state index in [1.54, 1.807) is 11.8 Å². The Morgan fingerprint density at radius 3 is 2.88 bits per heavy atom. The van der Waals surface area contributed by atoms with E-state index in [0.29, 0.717) is 30.8 Å². The van der Waals surface area contributed by atoms with E-state index in [9.17, 15) is 9.18 Å². The lowest BCUT2D eigenvalue weighted by molar-refractivity contribution is -0.118. The lowest BCUT2D eigenvalue weighted by Crippen LogP contribution is -2.36. The van der Waals surface area contributed by atoms with Crippen molar-refractivity contribution in [3.05, 3.63) is 29.1 Å². The molecule has 0 aliphatic carbocycles. The third-order valence-corrected chi connectivity index (χ3v) is 3.34. The van der Waals surface area contributed by atoms with Gasteiger partial charge in [-0.3, -0.25) is 4.79 Å². The Hall–Kier alpha value is -1.09. The van der Waals surface area contributed by atoms with Crippen molar-refractivity contribution in [2.75, 3.05) is 17.3 Å². The largest absolute Gasteiger partial charge is 0.312 e. The van der Waals surface area contributed by atoms with Gasteiger partial charge in [0, 0.05) is 24.5 Å². The number of nitrogens with zero attached hydrogens (tertiary/aromatic N) is 1. The van der Waals surface area contributed by atoms with E-state index in [0.717, 1.165) is 17.7 Å². The Kier molecular flexibility index (Phi) is 3.67. The molecule has 0 radical (unpaired) electrons. The number of hydrogen-bond donors (Lipinski definition) is 0. The van der Waals surface area contributed by atoms with Crippen molar-refractivity contribution in [3.8, 4) is 0 Å². The minimum absolute atomic E-state index is 0.0610. The van der Waals surface area contributed by atoms with Crippen LogP contribution in [0.25, 0.3) is 0 Å². The van der Waals surface area contributed by atoms with E-state index < -0.39 is 0 Å². The predicted octanol–water partition coefficient (Wildman–Crippen LogP) is 3.04. The maximum atomic E-state index is 13.6. The number of carbonyl (C=O) groups is 1. The van der Waals surface area contributed by atoms with Crippen LogP contribution in [0.3, 0.4) is 0 Å². The molecule has 1 aliphatic rings. The molecular formula is C13H15ClFNO. The number of benzene rings is 1. The molecule has 0 unspecified atom stereocenters. The van der Waals surface area contributed by atoms with Crippen LogP contribution in [0.4, 0.5) is 10.1 Å².